The Balaban J connectivity index is 1.51. The van der Waals surface area contributed by atoms with E-state index < -0.39 is 34.4 Å². The normalized spacial score (nSPS) is 17.2. The van der Waals surface area contributed by atoms with Crippen molar-refractivity contribution in [1.82, 2.24) is 9.62 Å². The molecule has 9 heteroatoms. The molecule has 3 rings (SSSR count). The molecule has 1 N–H and O–H groups in total. The van der Waals surface area contributed by atoms with Gasteiger partial charge < -0.3 is 10.1 Å². The van der Waals surface area contributed by atoms with E-state index in [0.29, 0.717) is 31.0 Å². The smallest absolute Gasteiger partial charge is 0.310 e. The number of carbonyl (C=O) groups excluding carboxylic acids is 2. The van der Waals surface area contributed by atoms with Crippen molar-refractivity contribution in [2.75, 3.05) is 19.7 Å². The van der Waals surface area contributed by atoms with Crippen LogP contribution in [0.25, 0.3) is 0 Å². The van der Waals surface area contributed by atoms with Crippen molar-refractivity contribution >= 4 is 33.5 Å². The molecule has 1 amide bonds. The molecule has 0 spiro atoms. The third-order valence-electron chi connectivity index (χ3n) is 5.25. The SMILES string of the molecule is Cc1ccccc1CNC(=O)COC(=O)C1CCCN(S(=O)(=O)c2ccc(Cl)cc2)C1. The second-order valence-corrected chi connectivity index (χ2v) is 9.84. The van der Waals surface area contributed by atoms with Gasteiger partial charge in [0.25, 0.3) is 5.91 Å². The van der Waals surface area contributed by atoms with Crippen molar-refractivity contribution in [2.24, 2.45) is 5.92 Å². The Kier molecular flexibility index (Phi) is 7.69. The molecule has 2 aromatic carbocycles. The molecule has 0 aromatic heterocycles. The number of esters is 1. The van der Waals surface area contributed by atoms with Crippen LogP contribution in [0, 0.1) is 12.8 Å². The van der Waals surface area contributed by atoms with Crippen molar-refractivity contribution in [2.45, 2.75) is 31.2 Å². The van der Waals surface area contributed by atoms with Gasteiger partial charge >= 0.3 is 5.97 Å². The molecule has 1 saturated heterocycles. The zero-order valence-corrected chi connectivity index (χ0v) is 18.8. The lowest BCUT2D eigenvalue weighted by atomic mass is 10.00. The van der Waals surface area contributed by atoms with Gasteiger partial charge in [-0.1, -0.05) is 35.9 Å². The van der Waals surface area contributed by atoms with Gasteiger partial charge in [-0.3, -0.25) is 9.59 Å². The topological polar surface area (TPSA) is 92.8 Å². The summed E-state index contributed by atoms with van der Waals surface area (Å²) in [5, 5.41) is 3.17. The highest BCUT2D eigenvalue weighted by Crippen LogP contribution is 2.25. The van der Waals surface area contributed by atoms with Crippen LogP contribution in [-0.2, 0) is 30.9 Å². The van der Waals surface area contributed by atoms with E-state index in [0.717, 1.165) is 11.1 Å². The Hall–Kier alpha value is -2.42. The van der Waals surface area contributed by atoms with Crippen LogP contribution in [0.4, 0.5) is 0 Å². The monoisotopic (exact) mass is 464 g/mol. The van der Waals surface area contributed by atoms with Crippen molar-refractivity contribution in [3.8, 4) is 0 Å². The van der Waals surface area contributed by atoms with Crippen molar-refractivity contribution < 1.29 is 22.7 Å². The van der Waals surface area contributed by atoms with Crippen molar-refractivity contribution in [3.05, 3.63) is 64.7 Å². The number of halogens is 1. The summed E-state index contributed by atoms with van der Waals surface area (Å²) in [6.45, 7) is 2.25. The number of benzene rings is 2. The average molecular weight is 465 g/mol. The predicted molar refractivity (Wildman–Crippen MR) is 117 cm³/mol. The Morgan fingerprint density at radius 1 is 1.16 bits per heavy atom. The number of rotatable bonds is 7. The maximum absolute atomic E-state index is 12.8. The largest absolute Gasteiger partial charge is 0.455 e. The number of hydrogen-bond acceptors (Lipinski definition) is 5. The minimum atomic E-state index is -3.73. The molecule has 0 bridgehead atoms. The molecule has 2 aromatic rings. The highest BCUT2D eigenvalue weighted by Gasteiger charge is 2.34. The first kappa shape index (κ1) is 23.2. The molecule has 1 heterocycles. The molecule has 0 radical (unpaired) electrons. The maximum Gasteiger partial charge on any atom is 0.310 e. The molecule has 31 heavy (non-hydrogen) atoms. The van der Waals surface area contributed by atoms with E-state index in [1.807, 2.05) is 31.2 Å². The van der Waals surface area contributed by atoms with E-state index in [1.165, 1.54) is 28.6 Å². The second kappa shape index (κ2) is 10.3. The zero-order valence-electron chi connectivity index (χ0n) is 17.2. The number of aryl methyl sites for hydroxylation is 1. The third kappa shape index (κ3) is 6.06. The van der Waals surface area contributed by atoms with Gasteiger partial charge in [0, 0.05) is 24.7 Å². The Morgan fingerprint density at radius 2 is 1.87 bits per heavy atom. The third-order valence-corrected chi connectivity index (χ3v) is 7.38. The highest BCUT2D eigenvalue weighted by molar-refractivity contribution is 7.89. The summed E-state index contributed by atoms with van der Waals surface area (Å²) in [4.78, 5) is 24.6. The number of piperidine rings is 1. The van der Waals surface area contributed by atoms with Crippen LogP contribution >= 0.6 is 11.6 Å². The van der Waals surface area contributed by atoms with Gasteiger partial charge in [-0.05, 0) is 55.2 Å². The van der Waals surface area contributed by atoms with E-state index >= 15 is 0 Å². The lowest BCUT2D eigenvalue weighted by Crippen LogP contribution is -2.43. The number of hydrogen-bond donors (Lipinski definition) is 1. The first-order chi connectivity index (χ1) is 14.8. The van der Waals surface area contributed by atoms with Gasteiger partial charge in [0.2, 0.25) is 10.0 Å². The molecule has 1 atom stereocenters. The van der Waals surface area contributed by atoms with Crippen LogP contribution in [-0.4, -0.2) is 44.3 Å². The molecule has 7 nitrogen and oxygen atoms in total. The minimum absolute atomic E-state index is 0.0224. The summed E-state index contributed by atoms with van der Waals surface area (Å²) >= 11 is 5.84. The fraction of sp³-hybridized carbons (Fsp3) is 0.364. The fourth-order valence-corrected chi connectivity index (χ4v) is 5.07. The first-order valence-corrected chi connectivity index (χ1v) is 11.8. The van der Waals surface area contributed by atoms with E-state index in [9.17, 15) is 18.0 Å². The number of amides is 1. The molecule has 166 valence electrons. The Labute approximate surface area is 187 Å². The van der Waals surface area contributed by atoms with Crippen molar-refractivity contribution in [1.29, 1.82) is 0 Å². The molecule has 0 aliphatic carbocycles. The van der Waals surface area contributed by atoms with Crippen LogP contribution < -0.4 is 5.32 Å². The number of ether oxygens (including phenoxy) is 1. The molecule has 1 aliphatic rings. The van der Waals surface area contributed by atoms with Crippen LogP contribution in [0.1, 0.15) is 24.0 Å². The highest BCUT2D eigenvalue weighted by atomic mass is 35.5. The van der Waals surface area contributed by atoms with Crippen LogP contribution in [0.15, 0.2) is 53.4 Å². The van der Waals surface area contributed by atoms with Gasteiger partial charge in [-0.15, -0.1) is 0 Å². The lowest BCUT2D eigenvalue weighted by Gasteiger charge is -2.30. The summed E-state index contributed by atoms with van der Waals surface area (Å²) in [5.74, 6) is -1.58. The Bertz CT molecular complexity index is 1040. The van der Waals surface area contributed by atoms with Gasteiger partial charge in [0.15, 0.2) is 6.61 Å². The number of sulfonamides is 1. The quantitative estimate of drug-likeness (QED) is 0.636. The second-order valence-electron chi connectivity index (χ2n) is 7.47. The molecule has 1 fully saturated rings. The summed E-state index contributed by atoms with van der Waals surface area (Å²) in [6, 6.07) is 13.6. The van der Waals surface area contributed by atoms with Crippen LogP contribution in [0.5, 0.6) is 0 Å². The summed E-state index contributed by atoms with van der Waals surface area (Å²) in [6.07, 6.45) is 1.04. The van der Waals surface area contributed by atoms with Gasteiger partial charge in [-0.25, -0.2) is 8.42 Å². The van der Waals surface area contributed by atoms with Crippen LogP contribution in [0.3, 0.4) is 0 Å². The van der Waals surface area contributed by atoms with E-state index in [4.69, 9.17) is 16.3 Å². The van der Waals surface area contributed by atoms with E-state index in [2.05, 4.69) is 5.32 Å². The van der Waals surface area contributed by atoms with Crippen LogP contribution in [0.2, 0.25) is 5.02 Å². The molecule has 1 unspecified atom stereocenters. The summed E-state index contributed by atoms with van der Waals surface area (Å²) in [5.41, 5.74) is 2.04. The predicted octanol–water partition coefficient (Wildman–Crippen LogP) is 2.91. The lowest BCUT2D eigenvalue weighted by molar-refractivity contribution is -0.153. The number of nitrogens with zero attached hydrogens (tertiary/aromatic N) is 1. The minimum Gasteiger partial charge on any atom is -0.455 e. The standard InChI is InChI=1S/C22H25ClN2O5S/c1-16-5-2-3-6-17(16)13-24-21(26)15-30-22(27)18-7-4-12-25(14-18)31(28,29)20-10-8-19(23)9-11-20/h2-3,5-6,8-11,18H,4,7,12-15H2,1H3,(H,24,26). The first-order valence-electron chi connectivity index (χ1n) is 10.0. The van der Waals surface area contributed by atoms with Gasteiger partial charge in [-0.2, -0.15) is 4.31 Å². The van der Waals surface area contributed by atoms with E-state index in [-0.39, 0.29) is 11.4 Å². The molecular formula is C22H25ClN2O5S. The van der Waals surface area contributed by atoms with Gasteiger partial charge in [0.1, 0.15) is 0 Å². The van der Waals surface area contributed by atoms with Gasteiger partial charge in [0.05, 0.1) is 10.8 Å². The Morgan fingerprint density at radius 3 is 2.58 bits per heavy atom. The van der Waals surface area contributed by atoms with Crippen molar-refractivity contribution in [3.63, 3.8) is 0 Å². The number of nitrogens with one attached hydrogen (secondary N) is 1. The van der Waals surface area contributed by atoms with E-state index in [1.54, 1.807) is 0 Å². The molecule has 0 saturated carbocycles. The maximum atomic E-state index is 12.8. The number of carbonyl (C=O) groups is 2. The average Bonchev–Trinajstić information content (AvgIpc) is 2.77. The fourth-order valence-electron chi connectivity index (χ4n) is 3.42. The zero-order chi connectivity index (χ0) is 22.4. The molecule has 1 aliphatic heterocycles. The summed E-state index contributed by atoms with van der Waals surface area (Å²) in [7, 11) is -3.73. The summed E-state index contributed by atoms with van der Waals surface area (Å²) < 4.78 is 32.1. The molecular weight excluding hydrogens is 440 g/mol.